The zero-order valence-corrected chi connectivity index (χ0v) is 14.3. The van der Waals surface area contributed by atoms with E-state index in [9.17, 15) is 39.5 Å². The van der Waals surface area contributed by atoms with E-state index in [2.05, 4.69) is 5.32 Å². The summed E-state index contributed by atoms with van der Waals surface area (Å²) in [6.07, 6.45) is -14.5. The smallest absolute Gasteiger partial charge is 0.309 e. The molecule has 28 heavy (non-hydrogen) atoms. The molecule has 0 spiro atoms. The normalized spacial score (nSPS) is 13.1. The maximum Gasteiger partial charge on any atom is 0.416 e. The largest absolute Gasteiger partial charge is 0.416 e. The predicted octanol–water partition coefficient (Wildman–Crippen LogP) is 6.34. The Balaban J connectivity index is 2.20. The first-order chi connectivity index (χ1) is 12.7. The molecule has 1 nitrogen and oxygen atoms in total. The van der Waals surface area contributed by atoms with Crippen molar-refractivity contribution >= 4 is 0 Å². The lowest BCUT2D eigenvalue weighted by Gasteiger charge is -2.15. The fourth-order valence-corrected chi connectivity index (χ4v) is 2.60. The molecule has 0 aliphatic carbocycles. The van der Waals surface area contributed by atoms with Gasteiger partial charge in [0.05, 0.1) is 16.7 Å². The SMILES string of the molecule is Cc1cc(CNCc2cc(C(F)(F)F)cc(C(F)(F)F)c2)cc(C(F)(F)F)c1. The number of benzene rings is 2. The number of alkyl halides is 9. The molecule has 0 radical (unpaired) electrons. The van der Waals surface area contributed by atoms with Gasteiger partial charge in [0.15, 0.2) is 0 Å². The van der Waals surface area contributed by atoms with Crippen molar-refractivity contribution in [1.29, 1.82) is 0 Å². The van der Waals surface area contributed by atoms with Crippen molar-refractivity contribution in [2.45, 2.75) is 38.5 Å². The molecule has 0 aromatic heterocycles. The van der Waals surface area contributed by atoms with Crippen LogP contribution in [0, 0.1) is 6.92 Å². The monoisotopic (exact) mass is 415 g/mol. The van der Waals surface area contributed by atoms with E-state index >= 15 is 0 Å². The minimum atomic E-state index is -4.96. The third-order valence-corrected chi connectivity index (χ3v) is 3.77. The number of rotatable bonds is 4. The third-order valence-electron chi connectivity index (χ3n) is 3.77. The second-order valence-electron chi connectivity index (χ2n) is 6.22. The van der Waals surface area contributed by atoms with Gasteiger partial charge in [-0.1, -0.05) is 11.6 Å². The molecular weight excluding hydrogens is 401 g/mol. The molecule has 10 heteroatoms. The summed E-state index contributed by atoms with van der Waals surface area (Å²) in [6, 6.07) is 4.40. The van der Waals surface area contributed by atoms with Crippen LogP contribution in [0.25, 0.3) is 0 Å². The first-order valence-corrected chi connectivity index (χ1v) is 7.83. The average Bonchev–Trinajstić information content (AvgIpc) is 2.51. The molecule has 0 unspecified atom stereocenters. The summed E-state index contributed by atoms with van der Waals surface area (Å²) in [5.41, 5.74) is -3.54. The van der Waals surface area contributed by atoms with Crippen LogP contribution < -0.4 is 5.32 Å². The molecule has 0 aliphatic heterocycles. The highest BCUT2D eigenvalue weighted by Crippen LogP contribution is 2.36. The molecule has 0 atom stereocenters. The predicted molar refractivity (Wildman–Crippen MR) is 83.2 cm³/mol. The van der Waals surface area contributed by atoms with Gasteiger partial charge >= 0.3 is 18.5 Å². The number of halogens is 9. The Hall–Kier alpha value is -2.23. The quantitative estimate of drug-likeness (QED) is 0.575. The molecule has 0 saturated carbocycles. The maximum absolute atomic E-state index is 12.8. The minimum absolute atomic E-state index is 0.0136. The van der Waals surface area contributed by atoms with Crippen LogP contribution in [0.1, 0.15) is 33.4 Å². The Labute approximate surface area is 154 Å². The van der Waals surface area contributed by atoms with Gasteiger partial charge in [-0.25, -0.2) is 0 Å². The van der Waals surface area contributed by atoms with Crippen LogP contribution in [-0.4, -0.2) is 0 Å². The van der Waals surface area contributed by atoms with Crippen molar-refractivity contribution in [3.8, 4) is 0 Å². The molecule has 2 rings (SSSR count). The van der Waals surface area contributed by atoms with E-state index < -0.39 is 35.2 Å². The van der Waals surface area contributed by atoms with Crippen LogP contribution in [0.5, 0.6) is 0 Å². The summed E-state index contributed by atoms with van der Waals surface area (Å²) in [6.45, 7) is 0.895. The zero-order valence-electron chi connectivity index (χ0n) is 14.3. The van der Waals surface area contributed by atoms with Gasteiger partial charge in [0.1, 0.15) is 0 Å². The van der Waals surface area contributed by atoms with Crippen LogP contribution in [0.3, 0.4) is 0 Å². The van der Waals surface area contributed by atoms with Gasteiger partial charge in [-0.15, -0.1) is 0 Å². The lowest BCUT2D eigenvalue weighted by molar-refractivity contribution is -0.143. The van der Waals surface area contributed by atoms with Crippen molar-refractivity contribution in [3.05, 3.63) is 69.8 Å². The Morgan fingerprint density at radius 3 is 1.32 bits per heavy atom. The van der Waals surface area contributed by atoms with Crippen LogP contribution >= 0.6 is 0 Å². The molecule has 2 aromatic rings. The van der Waals surface area contributed by atoms with E-state index in [1.54, 1.807) is 0 Å². The second-order valence-corrected chi connectivity index (χ2v) is 6.22. The number of aryl methyl sites for hydroxylation is 1. The van der Waals surface area contributed by atoms with E-state index in [0.29, 0.717) is 17.7 Å². The fraction of sp³-hybridized carbons (Fsp3) is 0.333. The van der Waals surface area contributed by atoms with Crippen molar-refractivity contribution in [1.82, 2.24) is 5.32 Å². The first-order valence-electron chi connectivity index (χ1n) is 7.83. The number of nitrogens with one attached hydrogen (secondary N) is 1. The highest BCUT2D eigenvalue weighted by Gasteiger charge is 2.36. The summed E-state index contributed by atoms with van der Waals surface area (Å²) < 4.78 is 115. The molecule has 0 bridgehead atoms. The summed E-state index contributed by atoms with van der Waals surface area (Å²) in [7, 11) is 0. The van der Waals surface area contributed by atoms with Gasteiger partial charge in [0.25, 0.3) is 0 Å². The summed E-state index contributed by atoms with van der Waals surface area (Å²) in [4.78, 5) is 0. The summed E-state index contributed by atoms with van der Waals surface area (Å²) in [5, 5.41) is 2.58. The average molecular weight is 415 g/mol. The van der Waals surface area contributed by atoms with E-state index in [0.717, 1.165) is 12.1 Å². The number of hydrogen-bond donors (Lipinski definition) is 1. The molecule has 154 valence electrons. The van der Waals surface area contributed by atoms with Crippen molar-refractivity contribution < 1.29 is 39.5 Å². The molecule has 0 amide bonds. The standard InChI is InChI=1S/C18H14F9N/c1-10-2-11(4-13(3-10)16(19,20)21)8-28-9-12-5-14(17(22,23)24)7-15(6-12)18(25,26)27/h2-7,28H,8-9H2,1H3. The van der Waals surface area contributed by atoms with Crippen LogP contribution in [0.2, 0.25) is 0 Å². The van der Waals surface area contributed by atoms with E-state index in [1.807, 2.05) is 0 Å². The van der Waals surface area contributed by atoms with Gasteiger partial charge in [0, 0.05) is 13.1 Å². The van der Waals surface area contributed by atoms with E-state index in [1.165, 1.54) is 13.0 Å². The fourth-order valence-electron chi connectivity index (χ4n) is 2.60. The second kappa shape index (κ2) is 7.65. The van der Waals surface area contributed by atoms with Crippen molar-refractivity contribution in [2.24, 2.45) is 0 Å². The molecule has 0 fully saturated rings. The number of hydrogen-bond acceptors (Lipinski definition) is 1. The zero-order chi connectivity index (χ0) is 21.3. The Morgan fingerprint density at radius 2 is 0.929 bits per heavy atom. The van der Waals surface area contributed by atoms with Crippen molar-refractivity contribution in [2.75, 3.05) is 0 Å². The van der Waals surface area contributed by atoms with Crippen LogP contribution in [0.15, 0.2) is 36.4 Å². The van der Waals surface area contributed by atoms with Gasteiger partial charge in [0.2, 0.25) is 0 Å². The van der Waals surface area contributed by atoms with Gasteiger partial charge in [-0.3, -0.25) is 0 Å². The summed E-state index contributed by atoms with van der Waals surface area (Å²) in [5.74, 6) is 0. The summed E-state index contributed by atoms with van der Waals surface area (Å²) >= 11 is 0. The van der Waals surface area contributed by atoms with Crippen LogP contribution in [0.4, 0.5) is 39.5 Å². The molecule has 0 saturated heterocycles. The highest BCUT2D eigenvalue weighted by atomic mass is 19.4. The first kappa shape index (κ1) is 22.1. The van der Waals surface area contributed by atoms with Gasteiger partial charge in [-0.05, 0) is 48.4 Å². The van der Waals surface area contributed by atoms with E-state index in [-0.39, 0.29) is 30.3 Å². The minimum Gasteiger partial charge on any atom is -0.309 e. The van der Waals surface area contributed by atoms with Crippen LogP contribution in [-0.2, 0) is 31.6 Å². The third kappa shape index (κ3) is 5.88. The lowest BCUT2D eigenvalue weighted by atomic mass is 10.0. The maximum atomic E-state index is 12.8. The lowest BCUT2D eigenvalue weighted by Crippen LogP contribution is -2.17. The molecular formula is C18H14F9N. The Morgan fingerprint density at radius 1 is 0.571 bits per heavy atom. The van der Waals surface area contributed by atoms with Gasteiger partial charge in [-0.2, -0.15) is 39.5 Å². The van der Waals surface area contributed by atoms with E-state index in [4.69, 9.17) is 0 Å². The molecule has 0 heterocycles. The topological polar surface area (TPSA) is 12.0 Å². The highest BCUT2D eigenvalue weighted by molar-refractivity contribution is 5.34. The Kier molecular flexibility index (Phi) is 6.03. The molecule has 1 N–H and O–H groups in total. The molecule has 0 aliphatic rings. The van der Waals surface area contributed by atoms with Gasteiger partial charge < -0.3 is 5.32 Å². The molecule has 2 aromatic carbocycles. The Bertz CT molecular complexity index is 800. The van der Waals surface area contributed by atoms with Crippen molar-refractivity contribution in [3.63, 3.8) is 0 Å².